The lowest BCUT2D eigenvalue weighted by atomic mass is 10.1. The topological polar surface area (TPSA) is 32.3 Å². The Kier molecular flexibility index (Phi) is 5.13. The first-order valence-corrected chi connectivity index (χ1v) is 7.31. The van der Waals surface area contributed by atoms with Crippen LogP contribution in [0.1, 0.15) is 15.9 Å². The summed E-state index contributed by atoms with van der Waals surface area (Å²) in [6.07, 6.45) is 0. The number of hydrogen-bond acceptors (Lipinski definition) is 2. The molecule has 21 heavy (non-hydrogen) atoms. The first kappa shape index (κ1) is 16.1. The van der Waals surface area contributed by atoms with Crippen LogP contribution in [0.3, 0.4) is 0 Å². The number of benzene rings is 2. The largest absolute Gasteiger partial charge is 0.332 e. The molecular formula is C15H12Br2N2OS. The minimum Gasteiger partial charge on any atom is -0.332 e. The third-order valence-electron chi connectivity index (χ3n) is 3.17. The van der Waals surface area contributed by atoms with Crippen LogP contribution in [0.2, 0.25) is 0 Å². The number of hydrogen-bond donors (Lipinski definition) is 1. The summed E-state index contributed by atoms with van der Waals surface area (Å²) in [4.78, 5) is 14.1. The van der Waals surface area contributed by atoms with Crippen LogP contribution >= 0.6 is 45.1 Å². The van der Waals surface area contributed by atoms with E-state index in [1.807, 2.05) is 36.4 Å². The van der Waals surface area contributed by atoms with Crippen molar-refractivity contribution in [2.45, 2.75) is 6.54 Å². The van der Waals surface area contributed by atoms with Crippen LogP contribution in [-0.2, 0) is 6.54 Å². The Morgan fingerprint density at radius 3 is 2.52 bits per heavy atom. The molecule has 6 heteroatoms. The number of anilines is 1. The van der Waals surface area contributed by atoms with Crippen LogP contribution in [0.4, 0.5) is 5.69 Å². The van der Waals surface area contributed by atoms with E-state index >= 15 is 0 Å². The molecule has 0 saturated carbocycles. The standard InChI is InChI=1S/C15H11BrN2OS.BrH/c16-12-7-5-10(6-8-12)14(19)18-9-11-3-1-2-4-13(11)17-15(18)20;/h1-8H,9H2,(H,17,20);1H. The van der Waals surface area contributed by atoms with E-state index in [1.54, 1.807) is 17.0 Å². The molecule has 3 nitrogen and oxygen atoms in total. The Labute approximate surface area is 147 Å². The van der Waals surface area contributed by atoms with Gasteiger partial charge in [-0.05, 0) is 48.1 Å². The average Bonchev–Trinajstić information content (AvgIpc) is 2.46. The normalized spacial score (nSPS) is 13.0. The molecule has 0 radical (unpaired) electrons. The molecule has 0 saturated heterocycles. The van der Waals surface area contributed by atoms with Crippen molar-refractivity contribution in [2.24, 2.45) is 0 Å². The maximum absolute atomic E-state index is 12.5. The molecule has 0 aliphatic carbocycles. The van der Waals surface area contributed by atoms with E-state index in [-0.39, 0.29) is 22.9 Å². The van der Waals surface area contributed by atoms with Crippen LogP contribution in [-0.4, -0.2) is 15.9 Å². The zero-order chi connectivity index (χ0) is 14.1. The molecule has 2 aromatic rings. The molecule has 1 amide bonds. The number of fused-ring (bicyclic) bond motifs is 1. The van der Waals surface area contributed by atoms with E-state index < -0.39 is 0 Å². The molecule has 1 heterocycles. The number of thiocarbonyl (C=S) groups is 1. The highest BCUT2D eigenvalue weighted by Crippen LogP contribution is 2.24. The zero-order valence-corrected chi connectivity index (χ0v) is 15.0. The van der Waals surface area contributed by atoms with Gasteiger partial charge >= 0.3 is 0 Å². The highest BCUT2D eigenvalue weighted by molar-refractivity contribution is 9.10. The monoisotopic (exact) mass is 426 g/mol. The van der Waals surface area contributed by atoms with Gasteiger partial charge in [0.25, 0.3) is 5.91 Å². The van der Waals surface area contributed by atoms with Crippen LogP contribution in [0, 0.1) is 0 Å². The third-order valence-corrected chi connectivity index (χ3v) is 4.02. The van der Waals surface area contributed by atoms with E-state index in [0.29, 0.717) is 17.2 Å². The highest BCUT2D eigenvalue weighted by Gasteiger charge is 2.25. The van der Waals surface area contributed by atoms with E-state index in [2.05, 4.69) is 21.2 Å². The molecule has 0 bridgehead atoms. The van der Waals surface area contributed by atoms with Crippen molar-refractivity contribution in [3.05, 3.63) is 64.1 Å². The lowest BCUT2D eigenvalue weighted by molar-refractivity contribution is 0.0841. The number of rotatable bonds is 1. The summed E-state index contributed by atoms with van der Waals surface area (Å²) in [6, 6.07) is 15.1. The number of carbonyl (C=O) groups is 1. The van der Waals surface area contributed by atoms with Gasteiger partial charge in [-0.3, -0.25) is 9.69 Å². The third kappa shape index (κ3) is 3.33. The second-order valence-electron chi connectivity index (χ2n) is 4.49. The van der Waals surface area contributed by atoms with Crippen molar-refractivity contribution >= 4 is 61.8 Å². The summed E-state index contributed by atoms with van der Waals surface area (Å²) < 4.78 is 0.943. The van der Waals surface area contributed by atoms with Crippen molar-refractivity contribution in [1.29, 1.82) is 0 Å². The van der Waals surface area contributed by atoms with E-state index in [9.17, 15) is 4.79 Å². The predicted molar refractivity (Wildman–Crippen MR) is 97.0 cm³/mol. The minimum atomic E-state index is -0.0931. The molecule has 0 fully saturated rings. The lowest BCUT2D eigenvalue weighted by Gasteiger charge is -2.30. The molecule has 2 aromatic carbocycles. The van der Waals surface area contributed by atoms with Crippen LogP contribution in [0.15, 0.2) is 53.0 Å². The Hall–Kier alpha value is -1.24. The SMILES string of the molecule is Br.O=C(c1ccc(Br)cc1)N1Cc2ccccc2NC1=S. The maximum atomic E-state index is 12.5. The van der Waals surface area contributed by atoms with Gasteiger partial charge in [-0.2, -0.15) is 0 Å². The van der Waals surface area contributed by atoms with Gasteiger partial charge in [0, 0.05) is 15.7 Å². The summed E-state index contributed by atoms with van der Waals surface area (Å²) >= 11 is 8.65. The zero-order valence-electron chi connectivity index (χ0n) is 10.9. The first-order valence-electron chi connectivity index (χ1n) is 6.11. The Bertz CT molecular complexity index is 688. The molecular weight excluding hydrogens is 416 g/mol. The van der Waals surface area contributed by atoms with Crippen LogP contribution < -0.4 is 5.32 Å². The molecule has 108 valence electrons. The highest BCUT2D eigenvalue weighted by atomic mass is 79.9. The van der Waals surface area contributed by atoms with Gasteiger partial charge in [0.05, 0.1) is 6.54 Å². The van der Waals surface area contributed by atoms with E-state index in [0.717, 1.165) is 15.7 Å². The number of halogens is 2. The van der Waals surface area contributed by atoms with E-state index in [1.165, 1.54) is 0 Å². The van der Waals surface area contributed by atoms with Crippen molar-refractivity contribution < 1.29 is 4.79 Å². The average molecular weight is 428 g/mol. The summed E-state index contributed by atoms with van der Waals surface area (Å²) in [5, 5.41) is 3.54. The number of nitrogens with zero attached hydrogens (tertiary/aromatic N) is 1. The number of amides is 1. The predicted octanol–water partition coefficient (Wildman–Crippen LogP) is 4.38. The molecule has 0 atom stereocenters. The fraction of sp³-hybridized carbons (Fsp3) is 0.0667. The van der Waals surface area contributed by atoms with Gasteiger partial charge in [-0.15, -0.1) is 17.0 Å². The number of para-hydroxylation sites is 1. The van der Waals surface area contributed by atoms with Crippen molar-refractivity contribution in [3.63, 3.8) is 0 Å². The molecule has 0 unspecified atom stereocenters. The van der Waals surface area contributed by atoms with Crippen molar-refractivity contribution in [3.8, 4) is 0 Å². The quantitative estimate of drug-likeness (QED) is 0.685. The fourth-order valence-electron chi connectivity index (χ4n) is 2.12. The second-order valence-corrected chi connectivity index (χ2v) is 5.79. The fourth-order valence-corrected chi connectivity index (χ4v) is 2.64. The Morgan fingerprint density at radius 2 is 1.81 bits per heavy atom. The Morgan fingerprint density at radius 1 is 1.14 bits per heavy atom. The Balaban J connectivity index is 0.00000161. The van der Waals surface area contributed by atoms with Gasteiger partial charge in [0.15, 0.2) is 5.11 Å². The van der Waals surface area contributed by atoms with E-state index in [4.69, 9.17) is 12.2 Å². The summed E-state index contributed by atoms with van der Waals surface area (Å²) in [6.45, 7) is 0.497. The van der Waals surface area contributed by atoms with Crippen LogP contribution in [0.25, 0.3) is 0 Å². The lowest BCUT2D eigenvalue weighted by Crippen LogP contribution is -2.42. The summed E-state index contributed by atoms with van der Waals surface area (Å²) in [7, 11) is 0. The van der Waals surface area contributed by atoms with Crippen molar-refractivity contribution in [1.82, 2.24) is 4.90 Å². The molecule has 1 N–H and O–H groups in total. The smallest absolute Gasteiger partial charge is 0.260 e. The molecule has 3 rings (SSSR count). The summed E-state index contributed by atoms with van der Waals surface area (Å²) in [5.41, 5.74) is 2.65. The molecule has 1 aliphatic rings. The van der Waals surface area contributed by atoms with Gasteiger partial charge in [0.1, 0.15) is 0 Å². The molecule has 0 aromatic heterocycles. The van der Waals surface area contributed by atoms with Crippen molar-refractivity contribution in [2.75, 3.05) is 5.32 Å². The molecule has 0 spiro atoms. The van der Waals surface area contributed by atoms with Gasteiger partial charge in [0.2, 0.25) is 0 Å². The van der Waals surface area contributed by atoms with Crippen LogP contribution in [0.5, 0.6) is 0 Å². The maximum Gasteiger partial charge on any atom is 0.260 e. The second kappa shape index (κ2) is 6.68. The minimum absolute atomic E-state index is 0. The molecule has 1 aliphatic heterocycles. The van der Waals surface area contributed by atoms with Gasteiger partial charge in [-0.1, -0.05) is 34.1 Å². The van der Waals surface area contributed by atoms with Gasteiger partial charge in [-0.25, -0.2) is 0 Å². The number of carbonyl (C=O) groups excluding carboxylic acids is 1. The summed E-state index contributed by atoms with van der Waals surface area (Å²) in [5.74, 6) is -0.0931. The van der Waals surface area contributed by atoms with Gasteiger partial charge < -0.3 is 5.32 Å². The first-order chi connectivity index (χ1) is 9.65. The number of nitrogens with one attached hydrogen (secondary N) is 1.